The smallest absolute Gasteiger partial charge is 0.138 e. The zero-order valence-electron chi connectivity index (χ0n) is 24.6. The molecule has 45 heavy (non-hydrogen) atoms. The van der Waals surface area contributed by atoms with Crippen LogP contribution in [0.1, 0.15) is 10.4 Å². The highest BCUT2D eigenvalue weighted by atomic mass is 32.1. The summed E-state index contributed by atoms with van der Waals surface area (Å²) in [6, 6.07) is 47.5. The molecule has 4 aromatic carbocycles. The average Bonchev–Trinajstić information content (AvgIpc) is 3.58. The minimum Gasteiger partial charge on any atom is -0.378 e. The Bertz CT molecular complexity index is 1970. The van der Waals surface area contributed by atoms with Crippen molar-refractivity contribution < 1.29 is 0 Å². The molecular formula is C38H26N6S. The van der Waals surface area contributed by atoms with E-state index in [2.05, 4.69) is 41.3 Å². The first-order valence-electron chi connectivity index (χ1n) is 14.0. The predicted molar refractivity (Wildman–Crippen MR) is 181 cm³/mol. The van der Waals surface area contributed by atoms with Crippen LogP contribution in [-0.4, -0.2) is 14.1 Å². The Balaban J connectivity index is 1.58. The quantitative estimate of drug-likeness (QED) is 0.130. The Morgan fingerprint density at radius 2 is 0.978 bits per heavy atom. The molecule has 0 N–H and O–H groups in total. The van der Waals surface area contributed by atoms with Gasteiger partial charge in [-0.2, -0.15) is 21.0 Å². The van der Waals surface area contributed by atoms with Gasteiger partial charge in [-0.1, -0.05) is 60.7 Å². The summed E-state index contributed by atoms with van der Waals surface area (Å²) in [6.07, 6.45) is 0. The van der Waals surface area contributed by atoms with Gasteiger partial charge in [0.2, 0.25) is 0 Å². The van der Waals surface area contributed by atoms with Crippen molar-refractivity contribution in [2.45, 2.75) is 0 Å². The molecule has 0 fully saturated rings. The van der Waals surface area contributed by atoms with E-state index in [4.69, 9.17) is 0 Å². The number of allylic oxidation sites excluding steroid dienone is 4. The lowest BCUT2D eigenvalue weighted by Crippen LogP contribution is -2.09. The first-order chi connectivity index (χ1) is 22.0. The molecule has 1 aromatic heterocycles. The minimum atomic E-state index is -0.174. The van der Waals surface area contributed by atoms with Crippen molar-refractivity contribution in [3.8, 4) is 34.7 Å². The van der Waals surface area contributed by atoms with Crippen LogP contribution in [0.3, 0.4) is 0 Å². The van der Waals surface area contributed by atoms with E-state index in [1.54, 1.807) is 12.1 Å². The number of para-hydroxylation sites is 2. The third-order valence-corrected chi connectivity index (χ3v) is 8.31. The topological polar surface area (TPSA) is 102 Å². The number of nitrogens with zero attached hydrogens (tertiary/aromatic N) is 6. The van der Waals surface area contributed by atoms with Crippen LogP contribution in [0.5, 0.6) is 0 Å². The van der Waals surface area contributed by atoms with Gasteiger partial charge >= 0.3 is 0 Å². The number of hydrogen-bond donors (Lipinski definition) is 0. The second kappa shape index (κ2) is 13.7. The molecule has 7 heteroatoms. The van der Waals surface area contributed by atoms with E-state index in [0.717, 1.165) is 33.2 Å². The lowest BCUT2D eigenvalue weighted by molar-refractivity contribution is 1.13. The van der Waals surface area contributed by atoms with Crippen LogP contribution in [0.25, 0.3) is 21.6 Å². The van der Waals surface area contributed by atoms with Crippen LogP contribution in [0.4, 0.5) is 22.7 Å². The maximum Gasteiger partial charge on any atom is 0.138 e. The maximum atomic E-state index is 9.97. The van der Waals surface area contributed by atoms with Gasteiger partial charge in [-0.05, 0) is 71.8 Å². The van der Waals surface area contributed by atoms with Gasteiger partial charge in [-0.3, -0.25) is 0 Å². The third-order valence-electron chi connectivity index (χ3n) is 7.16. The fourth-order valence-corrected chi connectivity index (χ4v) is 6.06. The van der Waals surface area contributed by atoms with Crippen LogP contribution >= 0.6 is 11.3 Å². The molecule has 214 valence electrons. The molecule has 0 spiro atoms. The Kier molecular flexibility index (Phi) is 9.18. The van der Waals surface area contributed by atoms with Crippen LogP contribution in [0, 0.1) is 45.3 Å². The molecule has 0 aliphatic heterocycles. The molecule has 0 atom stereocenters. The molecule has 0 amide bonds. The average molecular weight is 599 g/mol. The molecular weight excluding hydrogens is 573 g/mol. The van der Waals surface area contributed by atoms with E-state index in [0.29, 0.717) is 10.4 Å². The lowest BCUT2D eigenvalue weighted by Gasteiger charge is -2.25. The normalized spacial score (nSPS) is 9.91. The van der Waals surface area contributed by atoms with Crippen molar-refractivity contribution in [3.05, 3.63) is 143 Å². The van der Waals surface area contributed by atoms with E-state index in [-0.39, 0.29) is 22.3 Å². The zero-order valence-corrected chi connectivity index (χ0v) is 25.5. The fraction of sp³-hybridized carbons (Fsp3) is 0.0526. The standard InChI is InChI=1S/C38H26N6S/c1-43(2)31-17-15-28(16-18-31)37(29(23-39)24-40)38(30(25-41)26-42)36-22-21-35(45-36)27-13-19-34(20-14-27)44(32-9-5-3-6-10-32)33-11-7-4-8-12-33/h3-22H,1-2H3. The zero-order chi connectivity index (χ0) is 31.8. The van der Waals surface area contributed by atoms with Crippen molar-refractivity contribution in [1.82, 2.24) is 0 Å². The fourth-order valence-electron chi connectivity index (χ4n) is 4.99. The Hall–Kier alpha value is -6.38. The highest BCUT2D eigenvalue weighted by Crippen LogP contribution is 2.42. The summed E-state index contributed by atoms with van der Waals surface area (Å²) < 4.78 is 0. The molecule has 0 saturated heterocycles. The van der Waals surface area contributed by atoms with Gasteiger partial charge in [0.1, 0.15) is 35.4 Å². The molecule has 0 aliphatic rings. The third kappa shape index (κ3) is 6.36. The molecule has 0 aliphatic carbocycles. The first-order valence-corrected chi connectivity index (χ1v) is 14.8. The Labute approximate surface area is 267 Å². The first kappa shape index (κ1) is 30.1. The lowest BCUT2D eigenvalue weighted by atomic mass is 9.89. The highest BCUT2D eigenvalue weighted by Gasteiger charge is 2.23. The van der Waals surface area contributed by atoms with Gasteiger partial charge in [0.15, 0.2) is 0 Å². The second-order valence-corrected chi connectivity index (χ2v) is 11.2. The number of hydrogen-bond acceptors (Lipinski definition) is 7. The Morgan fingerprint density at radius 3 is 1.47 bits per heavy atom. The van der Waals surface area contributed by atoms with Crippen molar-refractivity contribution in [2.75, 3.05) is 23.9 Å². The van der Waals surface area contributed by atoms with E-state index >= 15 is 0 Å². The summed E-state index contributed by atoms with van der Waals surface area (Å²) in [7, 11) is 3.83. The summed E-state index contributed by atoms with van der Waals surface area (Å²) in [4.78, 5) is 5.64. The second-order valence-electron chi connectivity index (χ2n) is 10.1. The van der Waals surface area contributed by atoms with Gasteiger partial charge in [0, 0.05) is 57.7 Å². The number of benzene rings is 4. The van der Waals surface area contributed by atoms with Crippen LogP contribution in [-0.2, 0) is 0 Å². The van der Waals surface area contributed by atoms with E-state index in [1.807, 2.05) is 116 Å². The highest BCUT2D eigenvalue weighted by molar-refractivity contribution is 7.16. The van der Waals surface area contributed by atoms with Crippen molar-refractivity contribution in [2.24, 2.45) is 0 Å². The number of rotatable bonds is 8. The van der Waals surface area contributed by atoms with Crippen molar-refractivity contribution in [3.63, 3.8) is 0 Å². The summed E-state index contributed by atoms with van der Waals surface area (Å²) in [5.41, 5.74) is 5.69. The maximum absolute atomic E-state index is 9.97. The molecule has 5 rings (SSSR count). The van der Waals surface area contributed by atoms with E-state index in [9.17, 15) is 21.0 Å². The van der Waals surface area contributed by atoms with Crippen LogP contribution < -0.4 is 9.80 Å². The molecule has 5 aromatic rings. The molecule has 0 saturated carbocycles. The number of anilines is 4. The number of thiophene rings is 1. The molecule has 6 nitrogen and oxygen atoms in total. The molecule has 0 unspecified atom stereocenters. The van der Waals surface area contributed by atoms with Gasteiger partial charge in [-0.25, -0.2) is 0 Å². The van der Waals surface area contributed by atoms with E-state index < -0.39 is 0 Å². The van der Waals surface area contributed by atoms with Crippen LogP contribution in [0.15, 0.2) is 132 Å². The molecule has 0 radical (unpaired) electrons. The largest absolute Gasteiger partial charge is 0.378 e. The SMILES string of the molecule is CN(C)c1ccc(C(=C(C#N)C#N)C(=C(C#N)C#N)c2ccc(-c3ccc(N(c4ccccc4)c4ccccc4)cc3)s2)cc1. The van der Waals surface area contributed by atoms with Gasteiger partial charge < -0.3 is 9.80 Å². The summed E-state index contributed by atoms with van der Waals surface area (Å²) >= 11 is 1.39. The van der Waals surface area contributed by atoms with E-state index in [1.165, 1.54) is 11.3 Å². The summed E-state index contributed by atoms with van der Waals surface area (Å²) in [5, 5.41) is 39.8. The van der Waals surface area contributed by atoms with Gasteiger partial charge in [0.05, 0.1) is 0 Å². The van der Waals surface area contributed by atoms with Crippen LogP contribution in [0.2, 0.25) is 0 Å². The summed E-state index contributed by atoms with van der Waals surface area (Å²) in [6.45, 7) is 0. The minimum absolute atomic E-state index is 0.171. The monoisotopic (exact) mass is 598 g/mol. The van der Waals surface area contributed by atoms with Gasteiger partial charge in [-0.15, -0.1) is 11.3 Å². The molecule has 1 heterocycles. The number of nitriles is 4. The summed E-state index contributed by atoms with van der Waals surface area (Å²) in [5.74, 6) is 0. The van der Waals surface area contributed by atoms with Gasteiger partial charge in [0.25, 0.3) is 0 Å². The van der Waals surface area contributed by atoms with Crippen molar-refractivity contribution >= 4 is 45.2 Å². The van der Waals surface area contributed by atoms with Crippen molar-refractivity contribution in [1.29, 1.82) is 21.0 Å². The molecule has 0 bridgehead atoms. The predicted octanol–water partition coefficient (Wildman–Crippen LogP) is 9.25. The Morgan fingerprint density at radius 1 is 0.511 bits per heavy atom.